The van der Waals surface area contributed by atoms with E-state index in [-0.39, 0.29) is 0 Å². The van der Waals surface area contributed by atoms with E-state index >= 15 is 0 Å². The number of pyridine rings is 1. The minimum atomic E-state index is 1.01. The van der Waals surface area contributed by atoms with Crippen LogP contribution in [-0.2, 0) is 0 Å². The number of nitrogens with one attached hydrogen (secondary N) is 1. The van der Waals surface area contributed by atoms with Gasteiger partial charge in [-0.05, 0) is 23.6 Å². The number of fused-ring (bicyclic) bond motifs is 3. The van der Waals surface area contributed by atoms with Crippen LogP contribution in [0, 0.1) is 0 Å². The molecule has 1 N–H and O–H groups in total. The first-order valence-electron chi connectivity index (χ1n) is 7.91. The number of hydrogen-bond acceptors (Lipinski definition) is 2. The van der Waals surface area contributed by atoms with Crippen molar-refractivity contribution in [2.45, 2.75) is 0 Å². The summed E-state index contributed by atoms with van der Waals surface area (Å²) in [7, 11) is 0. The fourth-order valence-electron chi connectivity index (χ4n) is 3.18. The van der Waals surface area contributed by atoms with Crippen molar-refractivity contribution >= 4 is 33.3 Å². The van der Waals surface area contributed by atoms with Gasteiger partial charge in [-0.3, -0.25) is 0 Å². The predicted octanol–water partition coefficient (Wildman–Crippen LogP) is 6.11. The van der Waals surface area contributed by atoms with Crippen LogP contribution in [0.15, 0.2) is 78.2 Å². The zero-order chi connectivity index (χ0) is 15.9. The highest BCUT2D eigenvalue weighted by molar-refractivity contribution is 7.13. The summed E-state index contributed by atoms with van der Waals surface area (Å²) in [6, 6.07) is 25.2. The summed E-state index contributed by atoms with van der Waals surface area (Å²) in [6.07, 6.45) is 0. The molecule has 0 aliphatic heterocycles. The van der Waals surface area contributed by atoms with Crippen LogP contribution in [0.25, 0.3) is 43.6 Å². The summed E-state index contributed by atoms with van der Waals surface area (Å²) in [5.74, 6) is 0. The van der Waals surface area contributed by atoms with Crippen LogP contribution in [0.1, 0.15) is 0 Å². The topological polar surface area (TPSA) is 28.7 Å². The zero-order valence-electron chi connectivity index (χ0n) is 12.9. The van der Waals surface area contributed by atoms with E-state index in [1.165, 1.54) is 15.8 Å². The third-order valence-corrected chi connectivity index (χ3v) is 5.22. The molecule has 0 unspecified atom stereocenters. The molecule has 0 aliphatic rings. The van der Waals surface area contributed by atoms with Crippen LogP contribution in [0.2, 0.25) is 0 Å². The summed E-state index contributed by atoms with van der Waals surface area (Å²) < 4.78 is 0. The van der Waals surface area contributed by atoms with Gasteiger partial charge in [0.1, 0.15) is 0 Å². The van der Waals surface area contributed by atoms with Gasteiger partial charge in [-0.1, -0.05) is 54.6 Å². The van der Waals surface area contributed by atoms with Gasteiger partial charge in [0, 0.05) is 26.9 Å². The largest absolute Gasteiger partial charge is 0.353 e. The molecule has 0 fully saturated rings. The normalized spacial score (nSPS) is 11.3. The molecule has 114 valence electrons. The Morgan fingerprint density at radius 3 is 2.50 bits per heavy atom. The molecule has 0 saturated heterocycles. The van der Waals surface area contributed by atoms with Crippen molar-refractivity contribution in [1.82, 2.24) is 9.97 Å². The van der Waals surface area contributed by atoms with Gasteiger partial charge in [0.15, 0.2) is 0 Å². The Labute approximate surface area is 143 Å². The number of aromatic amines is 1. The Morgan fingerprint density at radius 2 is 1.67 bits per heavy atom. The maximum Gasteiger partial charge on any atom is 0.0971 e. The molecule has 0 amide bonds. The first-order chi connectivity index (χ1) is 11.9. The molecular weight excluding hydrogens is 312 g/mol. The second kappa shape index (κ2) is 5.32. The van der Waals surface area contributed by atoms with E-state index in [0.717, 1.165) is 27.8 Å². The molecule has 3 heteroatoms. The molecule has 0 spiro atoms. The summed E-state index contributed by atoms with van der Waals surface area (Å²) in [5.41, 5.74) is 6.64. The van der Waals surface area contributed by atoms with Gasteiger partial charge in [-0.25, -0.2) is 4.98 Å². The van der Waals surface area contributed by atoms with E-state index < -0.39 is 0 Å². The van der Waals surface area contributed by atoms with E-state index in [0.29, 0.717) is 0 Å². The average molecular weight is 326 g/mol. The van der Waals surface area contributed by atoms with Crippen LogP contribution in [-0.4, -0.2) is 9.97 Å². The van der Waals surface area contributed by atoms with E-state index in [1.54, 1.807) is 11.3 Å². The maximum atomic E-state index is 4.98. The molecule has 2 nitrogen and oxygen atoms in total. The Morgan fingerprint density at radius 1 is 0.833 bits per heavy atom. The molecule has 0 bridgehead atoms. The number of rotatable bonds is 2. The van der Waals surface area contributed by atoms with Crippen molar-refractivity contribution < 1.29 is 0 Å². The van der Waals surface area contributed by atoms with Gasteiger partial charge < -0.3 is 4.98 Å². The van der Waals surface area contributed by atoms with E-state index in [2.05, 4.69) is 77.1 Å². The Kier molecular flexibility index (Phi) is 3.00. The molecular formula is C21H14N2S. The molecule has 2 aromatic carbocycles. The smallest absolute Gasteiger partial charge is 0.0971 e. The van der Waals surface area contributed by atoms with Crippen molar-refractivity contribution in [3.63, 3.8) is 0 Å². The van der Waals surface area contributed by atoms with Gasteiger partial charge in [0.25, 0.3) is 0 Å². The van der Waals surface area contributed by atoms with Crippen molar-refractivity contribution in [2.75, 3.05) is 0 Å². The minimum absolute atomic E-state index is 1.01. The molecule has 3 heterocycles. The molecule has 5 rings (SSSR count). The first-order valence-corrected chi connectivity index (χ1v) is 8.79. The highest BCUT2D eigenvalue weighted by Crippen LogP contribution is 2.36. The van der Waals surface area contributed by atoms with E-state index in [1.807, 2.05) is 6.07 Å². The lowest BCUT2D eigenvalue weighted by atomic mass is 10.1. The first kappa shape index (κ1) is 13.5. The zero-order valence-corrected chi connectivity index (χ0v) is 13.7. The molecule has 0 saturated carbocycles. The molecule has 0 aliphatic carbocycles. The van der Waals surface area contributed by atoms with Crippen LogP contribution in [0.3, 0.4) is 0 Å². The Bertz CT molecular complexity index is 1140. The van der Waals surface area contributed by atoms with Crippen LogP contribution in [0.4, 0.5) is 0 Å². The molecule has 3 aromatic heterocycles. The predicted molar refractivity (Wildman–Crippen MR) is 102 cm³/mol. The van der Waals surface area contributed by atoms with Gasteiger partial charge in [0.2, 0.25) is 0 Å². The number of aromatic nitrogens is 2. The Balaban J connectivity index is 1.91. The SMILES string of the molecule is c1ccc(-c2cc(-c3cccs3)c3[nH]c4ccccc4c3n2)cc1. The van der Waals surface area contributed by atoms with Gasteiger partial charge in [-0.2, -0.15) is 0 Å². The summed E-state index contributed by atoms with van der Waals surface area (Å²) in [6.45, 7) is 0. The maximum absolute atomic E-state index is 4.98. The summed E-state index contributed by atoms with van der Waals surface area (Å²) in [5, 5.41) is 3.29. The molecule has 24 heavy (non-hydrogen) atoms. The minimum Gasteiger partial charge on any atom is -0.353 e. The van der Waals surface area contributed by atoms with Crippen LogP contribution < -0.4 is 0 Å². The van der Waals surface area contributed by atoms with Gasteiger partial charge in [0.05, 0.1) is 16.7 Å². The quantitative estimate of drug-likeness (QED) is 0.416. The van der Waals surface area contributed by atoms with Crippen molar-refractivity contribution in [1.29, 1.82) is 0 Å². The number of hydrogen-bond donors (Lipinski definition) is 1. The third-order valence-electron chi connectivity index (χ3n) is 4.32. The monoisotopic (exact) mass is 326 g/mol. The Hall–Kier alpha value is -2.91. The van der Waals surface area contributed by atoms with Crippen LogP contribution >= 0.6 is 11.3 Å². The second-order valence-electron chi connectivity index (χ2n) is 5.79. The van der Waals surface area contributed by atoms with Crippen molar-refractivity contribution in [2.24, 2.45) is 0 Å². The standard InChI is InChI=1S/C21H14N2S/c1-2-7-14(8-3-1)18-13-16(19-11-6-12-24-19)21-20(23-18)15-9-4-5-10-17(15)22-21/h1-13,22H. The van der Waals surface area contributed by atoms with Gasteiger partial charge >= 0.3 is 0 Å². The van der Waals surface area contributed by atoms with Crippen molar-refractivity contribution in [3.05, 3.63) is 78.2 Å². The van der Waals surface area contributed by atoms with Crippen molar-refractivity contribution in [3.8, 4) is 21.7 Å². The highest BCUT2D eigenvalue weighted by atomic mass is 32.1. The lowest BCUT2D eigenvalue weighted by Gasteiger charge is -2.06. The van der Waals surface area contributed by atoms with Crippen LogP contribution in [0.5, 0.6) is 0 Å². The number of benzene rings is 2. The number of para-hydroxylation sites is 1. The lowest BCUT2D eigenvalue weighted by molar-refractivity contribution is 1.40. The number of nitrogens with zero attached hydrogens (tertiary/aromatic N) is 1. The van der Waals surface area contributed by atoms with Gasteiger partial charge in [-0.15, -0.1) is 11.3 Å². The van der Waals surface area contributed by atoms with E-state index in [9.17, 15) is 0 Å². The fourth-order valence-corrected chi connectivity index (χ4v) is 3.93. The highest BCUT2D eigenvalue weighted by Gasteiger charge is 2.14. The average Bonchev–Trinajstić information content (AvgIpc) is 3.29. The lowest BCUT2D eigenvalue weighted by Crippen LogP contribution is -1.87. The fraction of sp³-hybridized carbons (Fsp3) is 0. The second-order valence-corrected chi connectivity index (χ2v) is 6.74. The summed E-state index contributed by atoms with van der Waals surface area (Å²) in [4.78, 5) is 9.79. The number of H-pyrrole nitrogens is 1. The molecule has 0 radical (unpaired) electrons. The molecule has 5 aromatic rings. The van der Waals surface area contributed by atoms with E-state index in [4.69, 9.17) is 4.98 Å². The number of thiophene rings is 1. The third kappa shape index (κ3) is 2.06. The summed E-state index contributed by atoms with van der Waals surface area (Å²) >= 11 is 1.76. The molecule has 0 atom stereocenters.